The molecule has 3 aromatic carbocycles. The third kappa shape index (κ3) is 6.83. The molecule has 1 aromatic heterocycles. The first kappa shape index (κ1) is 29.1. The Morgan fingerprint density at radius 2 is 1.62 bits per heavy atom. The third-order valence-corrected chi connectivity index (χ3v) is 6.55. The average Bonchev–Trinajstić information content (AvgIpc) is 2.88. The van der Waals surface area contributed by atoms with Crippen LogP contribution in [-0.4, -0.2) is 21.9 Å². The molecule has 0 amide bonds. The van der Waals surface area contributed by atoms with Crippen LogP contribution in [0.1, 0.15) is 30.9 Å². The number of halogens is 8. The molecule has 0 unspecified atom stereocenters. The van der Waals surface area contributed by atoms with E-state index in [-0.39, 0.29) is 22.2 Å². The number of fused-ring (bicyclic) bond motifs is 1. The maximum Gasteiger partial charge on any atom is 0.458 e. The highest BCUT2D eigenvalue weighted by atomic mass is 32.2. The summed E-state index contributed by atoms with van der Waals surface area (Å²) in [5.41, 5.74) is -2.08. The Labute approximate surface area is 227 Å². The molecule has 3 nitrogen and oxygen atoms in total. The number of hydrogen-bond acceptors (Lipinski definition) is 4. The van der Waals surface area contributed by atoms with Crippen LogP contribution in [0.3, 0.4) is 0 Å². The Kier molecular flexibility index (Phi) is 8.54. The van der Waals surface area contributed by atoms with Gasteiger partial charge >= 0.3 is 12.3 Å². The standard InChI is InChI=1S/C28H18F8N2OS/c1-2-3-10-40-19-14-37-26(38-15-19)16-4-7-22(24(30)12-16)28(35,36)39-18-5-6-20-17(11-18)13-23(29)21(25(20)31)8-9-27(32,33)34/h4-7,11-15H,2-3,10H2,1H3. The van der Waals surface area contributed by atoms with E-state index in [4.69, 9.17) is 0 Å². The molecule has 0 aliphatic carbocycles. The predicted octanol–water partition coefficient (Wildman–Crippen LogP) is 8.65. The van der Waals surface area contributed by atoms with Gasteiger partial charge in [-0.05, 0) is 54.0 Å². The van der Waals surface area contributed by atoms with E-state index < -0.39 is 46.6 Å². The molecule has 0 saturated carbocycles. The molecule has 0 N–H and O–H groups in total. The maximum atomic E-state index is 14.9. The van der Waals surface area contributed by atoms with Gasteiger partial charge in [-0.25, -0.2) is 23.1 Å². The molecule has 0 atom stereocenters. The van der Waals surface area contributed by atoms with E-state index in [1.807, 2.05) is 0 Å². The van der Waals surface area contributed by atoms with Crippen molar-refractivity contribution in [1.82, 2.24) is 9.97 Å². The Bertz CT molecular complexity index is 1590. The summed E-state index contributed by atoms with van der Waals surface area (Å²) in [6, 6.07) is 6.12. The number of hydrogen-bond donors (Lipinski definition) is 0. The first-order chi connectivity index (χ1) is 18.9. The smallest absolute Gasteiger partial charge is 0.429 e. The number of benzene rings is 3. The van der Waals surface area contributed by atoms with Gasteiger partial charge in [0.05, 0.1) is 11.1 Å². The Balaban J connectivity index is 1.56. The Hall–Kier alpha value is -3.85. The largest absolute Gasteiger partial charge is 0.458 e. The van der Waals surface area contributed by atoms with Crippen LogP contribution in [-0.2, 0) is 6.11 Å². The summed E-state index contributed by atoms with van der Waals surface area (Å²) < 4.78 is 115. The number of nitrogens with zero attached hydrogens (tertiary/aromatic N) is 2. The zero-order chi connectivity index (χ0) is 29.1. The average molecular weight is 583 g/mol. The van der Waals surface area contributed by atoms with Crippen LogP contribution in [0, 0.1) is 29.3 Å². The number of rotatable bonds is 8. The SMILES string of the molecule is CCCCSc1cnc(-c2ccc(C(F)(F)Oc3ccc4c(F)c(C#CC(F)(F)F)c(F)cc4c3)c(F)c2)nc1. The molecule has 0 aliphatic heterocycles. The van der Waals surface area contributed by atoms with Crippen LogP contribution in [0.2, 0.25) is 0 Å². The van der Waals surface area contributed by atoms with E-state index >= 15 is 0 Å². The highest BCUT2D eigenvalue weighted by molar-refractivity contribution is 7.99. The first-order valence-electron chi connectivity index (χ1n) is 11.7. The predicted molar refractivity (Wildman–Crippen MR) is 134 cm³/mol. The van der Waals surface area contributed by atoms with E-state index in [1.54, 1.807) is 24.2 Å². The first-order valence-corrected chi connectivity index (χ1v) is 12.7. The highest BCUT2D eigenvalue weighted by Crippen LogP contribution is 2.36. The molecule has 0 bridgehead atoms. The van der Waals surface area contributed by atoms with Gasteiger partial charge in [-0.2, -0.15) is 22.0 Å². The summed E-state index contributed by atoms with van der Waals surface area (Å²) in [5.74, 6) is -1.52. The minimum absolute atomic E-state index is 0.132. The van der Waals surface area contributed by atoms with Crippen LogP contribution < -0.4 is 4.74 Å². The zero-order valence-corrected chi connectivity index (χ0v) is 21.4. The summed E-state index contributed by atoms with van der Waals surface area (Å²) >= 11 is 1.56. The Morgan fingerprint density at radius 1 is 0.900 bits per heavy atom. The van der Waals surface area contributed by atoms with Crippen molar-refractivity contribution in [2.75, 3.05) is 5.75 Å². The second-order valence-electron chi connectivity index (χ2n) is 8.44. The van der Waals surface area contributed by atoms with Crippen molar-refractivity contribution in [3.8, 4) is 29.0 Å². The van der Waals surface area contributed by atoms with Gasteiger partial charge in [0, 0.05) is 34.2 Å². The molecule has 208 valence electrons. The van der Waals surface area contributed by atoms with E-state index in [0.29, 0.717) is 6.07 Å². The number of unbranched alkanes of at least 4 members (excludes halogenated alkanes) is 1. The fourth-order valence-electron chi connectivity index (χ4n) is 3.59. The van der Waals surface area contributed by atoms with E-state index in [1.165, 1.54) is 12.0 Å². The van der Waals surface area contributed by atoms with Crippen LogP contribution >= 0.6 is 11.8 Å². The molecule has 0 saturated heterocycles. The topological polar surface area (TPSA) is 35.0 Å². The summed E-state index contributed by atoms with van der Waals surface area (Å²) in [4.78, 5) is 9.13. The molecular formula is C28H18F8N2OS. The second-order valence-corrected chi connectivity index (χ2v) is 9.60. The van der Waals surface area contributed by atoms with Crippen molar-refractivity contribution in [2.24, 2.45) is 0 Å². The molecule has 0 aliphatic rings. The van der Waals surface area contributed by atoms with Crippen molar-refractivity contribution in [1.29, 1.82) is 0 Å². The maximum absolute atomic E-state index is 14.9. The van der Waals surface area contributed by atoms with Gasteiger partial charge in [0.15, 0.2) is 5.82 Å². The summed E-state index contributed by atoms with van der Waals surface area (Å²) in [7, 11) is 0. The molecule has 4 rings (SSSR count). The molecule has 0 spiro atoms. The van der Waals surface area contributed by atoms with Crippen molar-refractivity contribution in [3.63, 3.8) is 0 Å². The van der Waals surface area contributed by atoms with Crippen molar-refractivity contribution < 1.29 is 39.9 Å². The van der Waals surface area contributed by atoms with E-state index in [0.717, 1.165) is 59.7 Å². The molecule has 0 radical (unpaired) electrons. The van der Waals surface area contributed by atoms with Gasteiger partial charge in [-0.1, -0.05) is 25.3 Å². The van der Waals surface area contributed by atoms with Gasteiger partial charge in [-0.3, -0.25) is 0 Å². The minimum Gasteiger partial charge on any atom is -0.429 e. The molecular weight excluding hydrogens is 564 g/mol. The quantitative estimate of drug-likeness (QED) is 0.0902. The lowest BCUT2D eigenvalue weighted by Gasteiger charge is -2.19. The molecule has 4 aromatic rings. The lowest BCUT2D eigenvalue weighted by atomic mass is 10.0. The van der Waals surface area contributed by atoms with Gasteiger partial charge in [0.2, 0.25) is 0 Å². The van der Waals surface area contributed by atoms with Crippen molar-refractivity contribution in [2.45, 2.75) is 36.9 Å². The van der Waals surface area contributed by atoms with Crippen molar-refractivity contribution >= 4 is 22.5 Å². The number of alkyl halides is 5. The minimum atomic E-state index is -4.98. The van der Waals surface area contributed by atoms with Crippen LogP contribution in [0.25, 0.3) is 22.2 Å². The van der Waals surface area contributed by atoms with Gasteiger partial charge in [0.25, 0.3) is 0 Å². The molecule has 1 heterocycles. The van der Waals surface area contributed by atoms with Gasteiger partial charge in [0.1, 0.15) is 23.2 Å². The monoisotopic (exact) mass is 582 g/mol. The summed E-state index contributed by atoms with van der Waals surface area (Å²) in [5, 5.41) is -0.668. The number of aromatic nitrogens is 2. The third-order valence-electron chi connectivity index (χ3n) is 5.51. The van der Waals surface area contributed by atoms with Crippen LogP contribution in [0.5, 0.6) is 5.75 Å². The summed E-state index contributed by atoms with van der Waals surface area (Å²) in [6.45, 7) is 2.07. The molecule has 0 fully saturated rings. The van der Waals surface area contributed by atoms with E-state index in [2.05, 4.69) is 21.6 Å². The number of ether oxygens (including phenoxy) is 1. The van der Waals surface area contributed by atoms with Gasteiger partial charge in [-0.15, -0.1) is 11.8 Å². The van der Waals surface area contributed by atoms with Gasteiger partial charge < -0.3 is 4.74 Å². The fourth-order valence-corrected chi connectivity index (χ4v) is 4.51. The zero-order valence-electron chi connectivity index (χ0n) is 20.6. The fraction of sp³-hybridized carbons (Fsp3) is 0.214. The molecule has 40 heavy (non-hydrogen) atoms. The lowest BCUT2D eigenvalue weighted by molar-refractivity contribution is -0.187. The lowest BCUT2D eigenvalue weighted by Crippen LogP contribution is -2.23. The highest BCUT2D eigenvalue weighted by Gasteiger charge is 2.38. The van der Waals surface area contributed by atoms with E-state index in [9.17, 15) is 35.1 Å². The van der Waals surface area contributed by atoms with Crippen LogP contribution in [0.15, 0.2) is 59.8 Å². The second kappa shape index (κ2) is 11.7. The number of thioether (sulfide) groups is 1. The van der Waals surface area contributed by atoms with Crippen LogP contribution in [0.4, 0.5) is 35.1 Å². The molecule has 12 heteroatoms. The van der Waals surface area contributed by atoms with Crippen molar-refractivity contribution in [3.05, 3.63) is 83.4 Å². The normalized spacial score (nSPS) is 11.8. The Morgan fingerprint density at radius 3 is 2.27 bits per heavy atom. The summed E-state index contributed by atoms with van der Waals surface area (Å²) in [6.07, 6.45) is -4.01.